The van der Waals surface area contributed by atoms with Gasteiger partial charge in [0.25, 0.3) is 5.91 Å². The van der Waals surface area contributed by atoms with Gasteiger partial charge >= 0.3 is 0 Å². The predicted octanol–water partition coefficient (Wildman–Crippen LogP) is 2.22. The molecule has 2 heterocycles. The first-order chi connectivity index (χ1) is 10.3. The molecule has 0 bridgehead atoms. The molecule has 1 atom stereocenters. The summed E-state index contributed by atoms with van der Waals surface area (Å²) in [5, 5.41) is 14.9. The Morgan fingerprint density at radius 2 is 2.29 bits per heavy atom. The summed E-state index contributed by atoms with van der Waals surface area (Å²) >= 11 is 1.26. The molecule has 1 unspecified atom stereocenters. The van der Waals surface area contributed by atoms with Gasteiger partial charge in [-0.1, -0.05) is 29.5 Å². The van der Waals surface area contributed by atoms with Crippen molar-refractivity contribution in [3.8, 4) is 5.75 Å². The number of ether oxygens (including phenoxy) is 1. The quantitative estimate of drug-likeness (QED) is 0.906. The van der Waals surface area contributed by atoms with Gasteiger partial charge in [-0.25, -0.2) is 0 Å². The highest BCUT2D eigenvalue weighted by Gasteiger charge is 2.24. The molecule has 3 rings (SSSR count). The van der Waals surface area contributed by atoms with Gasteiger partial charge in [0.2, 0.25) is 10.1 Å². The number of carbonyl (C=O) groups excluding carboxylic acids is 1. The maximum absolute atomic E-state index is 12.3. The van der Waals surface area contributed by atoms with E-state index >= 15 is 0 Å². The lowest BCUT2D eigenvalue weighted by molar-refractivity contribution is 0.0923. The topological polar surface area (TPSA) is 76.1 Å². The van der Waals surface area contributed by atoms with Crippen molar-refractivity contribution in [3.05, 3.63) is 34.8 Å². The Balaban J connectivity index is 1.73. The molecule has 1 amide bonds. The molecule has 0 saturated heterocycles. The number of hydrogen-bond donors (Lipinski definition) is 2. The molecule has 2 N–H and O–H groups in total. The summed E-state index contributed by atoms with van der Waals surface area (Å²) in [7, 11) is 0. The van der Waals surface area contributed by atoms with E-state index in [0.717, 1.165) is 24.3 Å². The summed E-state index contributed by atoms with van der Waals surface area (Å²) < 4.78 is 5.59. The second kappa shape index (κ2) is 6.09. The number of benzene rings is 1. The summed E-state index contributed by atoms with van der Waals surface area (Å²) in [6.45, 7) is 3.32. The van der Waals surface area contributed by atoms with Crippen LogP contribution in [0.1, 0.15) is 34.8 Å². The van der Waals surface area contributed by atoms with Crippen LogP contribution < -0.4 is 15.4 Å². The van der Waals surface area contributed by atoms with E-state index < -0.39 is 0 Å². The number of nitrogens with one attached hydrogen (secondary N) is 2. The van der Waals surface area contributed by atoms with Crippen LogP contribution >= 0.6 is 11.3 Å². The van der Waals surface area contributed by atoms with Crippen LogP contribution in [0.2, 0.25) is 0 Å². The number of fused-ring (bicyclic) bond motifs is 1. The number of aromatic nitrogens is 2. The number of nitrogens with zero attached hydrogens (tertiary/aromatic N) is 2. The van der Waals surface area contributed by atoms with Gasteiger partial charge in [-0.05, 0) is 13.0 Å². The minimum absolute atomic E-state index is 0.0473. The van der Waals surface area contributed by atoms with Crippen LogP contribution in [0, 0.1) is 0 Å². The van der Waals surface area contributed by atoms with E-state index in [9.17, 15) is 4.79 Å². The second-order valence-corrected chi connectivity index (χ2v) is 5.62. The molecule has 2 aromatic rings. The van der Waals surface area contributed by atoms with Crippen molar-refractivity contribution in [3.63, 3.8) is 0 Å². The fraction of sp³-hybridized carbons (Fsp3) is 0.357. The Kier molecular flexibility index (Phi) is 4.01. The summed E-state index contributed by atoms with van der Waals surface area (Å²) in [5.41, 5.74) is 1.01. The van der Waals surface area contributed by atoms with E-state index in [-0.39, 0.29) is 11.9 Å². The maximum Gasteiger partial charge on any atom is 0.282 e. The van der Waals surface area contributed by atoms with Crippen molar-refractivity contribution in [2.45, 2.75) is 19.4 Å². The largest absolute Gasteiger partial charge is 0.493 e. The Hall–Kier alpha value is -2.15. The van der Waals surface area contributed by atoms with Crippen molar-refractivity contribution >= 4 is 22.4 Å². The molecule has 7 heteroatoms. The number of carbonyl (C=O) groups is 1. The van der Waals surface area contributed by atoms with Crippen LogP contribution in [0.3, 0.4) is 0 Å². The molecule has 110 valence electrons. The van der Waals surface area contributed by atoms with Gasteiger partial charge in [-0.15, -0.1) is 10.2 Å². The Morgan fingerprint density at radius 3 is 3.14 bits per heavy atom. The zero-order valence-corrected chi connectivity index (χ0v) is 12.4. The molecule has 0 fully saturated rings. The van der Waals surface area contributed by atoms with Crippen molar-refractivity contribution in [2.75, 3.05) is 18.5 Å². The molecule has 0 radical (unpaired) electrons. The summed E-state index contributed by atoms with van der Waals surface area (Å²) in [4.78, 5) is 12.3. The smallest absolute Gasteiger partial charge is 0.282 e. The van der Waals surface area contributed by atoms with Crippen LogP contribution in [0.15, 0.2) is 24.3 Å². The first-order valence-corrected chi connectivity index (χ1v) is 7.69. The third-order valence-corrected chi connectivity index (χ3v) is 4.09. The maximum atomic E-state index is 12.3. The van der Waals surface area contributed by atoms with Gasteiger partial charge < -0.3 is 15.4 Å². The van der Waals surface area contributed by atoms with Crippen molar-refractivity contribution in [1.29, 1.82) is 0 Å². The molecule has 6 nitrogen and oxygen atoms in total. The molecule has 1 aliphatic rings. The molecular formula is C14H16N4O2S. The van der Waals surface area contributed by atoms with Gasteiger partial charge in [0.05, 0.1) is 12.6 Å². The number of hydrogen-bond acceptors (Lipinski definition) is 6. The lowest BCUT2D eigenvalue weighted by Gasteiger charge is -2.26. The lowest BCUT2D eigenvalue weighted by atomic mass is 10.0. The van der Waals surface area contributed by atoms with Crippen molar-refractivity contribution in [1.82, 2.24) is 15.5 Å². The highest BCUT2D eigenvalue weighted by atomic mass is 32.1. The molecule has 0 spiro atoms. The average Bonchev–Trinajstić information content (AvgIpc) is 2.97. The van der Waals surface area contributed by atoms with Crippen molar-refractivity contribution < 1.29 is 9.53 Å². The van der Waals surface area contributed by atoms with Gasteiger partial charge in [0.1, 0.15) is 5.75 Å². The number of amides is 1. The Bertz CT molecular complexity index is 643. The SMILES string of the molecule is CCNc1nnc(C(=O)NC2CCOc3ccccc32)s1. The fourth-order valence-corrected chi connectivity index (χ4v) is 2.96. The standard InChI is InChI=1S/C14H16N4O2S/c1-2-15-14-18-17-13(21-14)12(19)16-10-7-8-20-11-6-4-3-5-9(10)11/h3-6,10H,2,7-8H2,1H3,(H,15,18)(H,16,19). The summed E-state index contributed by atoms with van der Waals surface area (Å²) in [5.74, 6) is 0.637. The van der Waals surface area contributed by atoms with Gasteiger partial charge in [0.15, 0.2) is 0 Å². The van der Waals surface area contributed by atoms with E-state index in [2.05, 4.69) is 20.8 Å². The highest BCUT2D eigenvalue weighted by Crippen LogP contribution is 2.31. The minimum Gasteiger partial charge on any atom is -0.493 e. The molecular weight excluding hydrogens is 288 g/mol. The fourth-order valence-electron chi connectivity index (χ4n) is 2.25. The number of para-hydroxylation sites is 1. The highest BCUT2D eigenvalue weighted by molar-refractivity contribution is 7.17. The Labute approximate surface area is 126 Å². The van der Waals surface area contributed by atoms with E-state index in [1.165, 1.54) is 11.3 Å². The van der Waals surface area contributed by atoms with Crippen LogP contribution in [0.5, 0.6) is 5.75 Å². The summed E-state index contributed by atoms with van der Waals surface area (Å²) in [6, 6.07) is 7.72. The van der Waals surface area contributed by atoms with Gasteiger partial charge in [0, 0.05) is 18.5 Å². The molecule has 1 aliphatic heterocycles. The molecule has 1 aromatic carbocycles. The predicted molar refractivity (Wildman–Crippen MR) is 80.8 cm³/mol. The average molecular weight is 304 g/mol. The third-order valence-electron chi connectivity index (χ3n) is 3.21. The number of anilines is 1. The second-order valence-electron chi connectivity index (χ2n) is 4.64. The van der Waals surface area contributed by atoms with E-state index in [4.69, 9.17) is 4.74 Å². The van der Waals surface area contributed by atoms with E-state index in [0.29, 0.717) is 16.7 Å². The van der Waals surface area contributed by atoms with Crippen LogP contribution in [-0.4, -0.2) is 29.3 Å². The van der Waals surface area contributed by atoms with Gasteiger partial charge in [-0.2, -0.15) is 0 Å². The van der Waals surface area contributed by atoms with E-state index in [1.54, 1.807) is 0 Å². The molecule has 21 heavy (non-hydrogen) atoms. The van der Waals surface area contributed by atoms with Gasteiger partial charge in [-0.3, -0.25) is 4.79 Å². The lowest BCUT2D eigenvalue weighted by Crippen LogP contribution is -2.32. The molecule has 0 saturated carbocycles. The van der Waals surface area contributed by atoms with Crippen LogP contribution in [-0.2, 0) is 0 Å². The number of rotatable bonds is 4. The molecule has 0 aliphatic carbocycles. The van der Waals surface area contributed by atoms with E-state index in [1.807, 2.05) is 31.2 Å². The Morgan fingerprint density at radius 1 is 1.43 bits per heavy atom. The third kappa shape index (κ3) is 2.97. The first-order valence-electron chi connectivity index (χ1n) is 6.88. The zero-order chi connectivity index (χ0) is 14.7. The van der Waals surface area contributed by atoms with Crippen LogP contribution in [0.4, 0.5) is 5.13 Å². The normalized spacial score (nSPS) is 16.7. The molecule has 1 aromatic heterocycles. The zero-order valence-electron chi connectivity index (χ0n) is 11.6. The van der Waals surface area contributed by atoms with Crippen molar-refractivity contribution in [2.24, 2.45) is 0 Å². The minimum atomic E-state index is -0.196. The first kappa shape index (κ1) is 13.8. The summed E-state index contributed by atoms with van der Waals surface area (Å²) in [6.07, 6.45) is 0.752. The monoisotopic (exact) mass is 304 g/mol. The van der Waals surface area contributed by atoms with Crippen LogP contribution in [0.25, 0.3) is 0 Å².